The molecule has 31 heavy (non-hydrogen) atoms. The van der Waals surface area contributed by atoms with Gasteiger partial charge >= 0.3 is 0 Å². The van der Waals surface area contributed by atoms with Crippen LogP contribution in [0.1, 0.15) is 41.9 Å². The Bertz CT molecular complexity index is 1040. The molecule has 1 fully saturated rings. The summed E-state index contributed by atoms with van der Waals surface area (Å²) in [4.78, 5) is 41.9. The molecule has 1 aliphatic carbocycles. The van der Waals surface area contributed by atoms with Crippen LogP contribution >= 0.6 is 11.6 Å². The van der Waals surface area contributed by atoms with Crippen LogP contribution in [-0.2, 0) is 14.4 Å². The van der Waals surface area contributed by atoms with Crippen LogP contribution in [0.15, 0.2) is 37.1 Å². The fourth-order valence-electron chi connectivity index (χ4n) is 4.14. The molecular weight excluding hydrogens is 419 g/mol. The lowest BCUT2D eigenvalue weighted by molar-refractivity contribution is -0.128. The number of aryl methyl sites for hydroxylation is 2. The molecule has 7 heteroatoms. The summed E-state index contributed by atoms with van der Waals surface area (Å²) >= 11 is 5.79. The number of amides is 1. The molecule has 1 saturated carbocycles. The second-order valence-electron chi connectivity index (χ2n) is 7.84. The van der Waals surface area contributed by atoms with Gasteiger partial charge in [-0.15, -0.1) is 6.58 Å². The number of carbonyl (C=O) groups excluding carboxylic acids is 3. The average molecular weight is 443 g/mol. The van der Waals surface area contributed by atoms with Gasteiger partial charge in [0.15, 0.2) is 11.6 Å². The van der Waals surface area contributed by atoms with Gasteiger partial charge in [0, 0.05) is 37.1 Å². The van der Waals surface area contributed by atoms with Crippen LogP contribution in [0, 0.1) is 25.6 Å². The number of hydrogen-bond donors (Lipinski definition) is 1. The monoisotopic (exact) mass is 442 g/mol. The first-order chi connectivity index (χ1) is 14.7. The standard InChI is InChI=1S/C24H24ClFN2O3/c1-4-5-6-27-20(30)10-16-9-19(29)22(24(16)31)21-13(2)7-15(8-14(21)3)23-18(26)11-17(25)12-28-23/h4,7-8,11-12,16,22H,1,5-6,9-10H2,2-3H3,(H,27,30). The molecule has 0 saturated heterocycles. The van der Waals surface area contributed by atoms with Crippen LogP contribution in [0.5, 0.6) is 0 Å². The number of Topliss-reactive ketones (excluding diaryl/α,β-unsaturated/α-hetero) is 2. The van der Waals surface area contributed by atoms with Crippen molar-refractivity contribution in [2.75, 3.05) is 6.54 Å². The van der Waals surface area contributed by atoms with Gasteiger partial charge in [0.1, 0.15) is 17.4 Å². The fraction of sp³-hybridized carbons (Fsp3) is 0.333. The quantitative estimate of drug-likeness (QED) is 0.389. The first kappa shape index (κ1) is 22.8. The SMILES string of the molecule is C=CCCNC(=O)CC1CC(=O)C(c2c(C)cc(-c3ncc(Cl)cc3F)cc2C)C1=O. The number of halogens is 2. The van der Waals surface area contributed by atoms with Crippen LogP contribution in [0.3, 0.4) is 0 Å². The Kier molecular flexibility index (Phi) is 7.01. The summed E-state index contributed by atoms with van der Waals surface area (Å²) in [5, 5.41) is 2.93. The van der Waals surface area contributed by atoms with Crippen LogP contribution in [0.25, 0.3) is 11.3 Å². The molecule has 162 valence electrons. The van der Waals surface area contributed by atoms with Crippen LogP contribution in [-0.4, -0.2) is 29.0 Å². The van der Waals surface area contributed by atoms with Gasteiger partial charge in [0.25, 0.3) is 0 Å². The zero-order chi connectivity index (χ0) is 22.7. The second-order valence-corrected chi connectivity index (χ2v) is 8.28. The highest BCUT2D eigenvalue weighted by Gasteiger charge is 2.43. The van der Waals surface area contributed by atoms with E-state index in [2.05, 4.69) is 16.9 Å². The summed E-state index contributed by atoms with van der Waals surface area (Å²) in [7, 11) is 0. The first-order valence-corrected chi connectivity index (χ1v) is 10.5. The van der Waals surface area contributed by atoms with Gasteiger partial charge in [-0.3, -0.25) is 19.4 Å². The minimum Gasteiger partial charge on any atom is -0.356 e. The van der Waals surface area contributed by atoms with E-state index < -0.39 is 17.7 Å². The van der Waals surface area contributed by atoms with Crippen molar-refractivity contribution in [1.29, 1.82) is 0 Å². The number of hydrogen-bond acceptors (Lipinski definition) is 4. The van der Waals surface area contributed by atoms with E-state index in [4.69, 9.17) is 11.6 Å². The molecule has 2 atom stereocenters. The van der Waals surface area contributed by atoms with Crippen molar-refractivity contribution in [2.45, 2.75) is 39.0 Å². The predicted octanol–water partition coefficient (Wildman–Crippen LogP) is 4.48. The summed E-state index contributed by atoms with van der Waals surface area (Å²) in [6.07, 6.45) is 3.74. The lowest BCUT2D eigenvalue weighted by atomic mass is 9.85. The number of rotatable bonds is 7. The van der Waals surface area contributed by atoms with Gasteiger partial charge in [0.05, 0.1) is 5.02 Å². The third-order valence-electron chi connectivity index (χ3n) is 5.52. The number of benzene rings is 1. The minimum atomic E-state index is -0.900. The normalized spacial score (nSPS) is 18.3. The number of nitrogens with one attached hydrogen (secondary N) is 1. The zero-order valence-electron chi connectivity index (χ0n) is 17.5. The van der Waals surface area contributed by atoms with Crippen LogP contribution in [0.4, 0.5) is 4.39 Å². The van der Waals surface area contributed by atoms with Crippen molar-refractivity contribution in [1.82, 2.24) is 10.3 Å². The van der Waals surface area contributed by atoms with E-state index >= 15 is 0 Å². The molecule has 3 rings (SSSR count). The topological polar surface area (TPSA) is 76.1 Å². The number of nitrogens with zero attached hydrogens (tertiary/aromatic N) is 1. The van der Waals surface area contributed by atoms with Crippen molar-refractivity contribution in [2.24, 2.45) is 5.92 Å². The predicted molar refractivity (Wildman–Crippen MR) is 117 cm³/mol. The van der Waals surface area contributed by atoms with Crippen molar-refractivity contribution in [3.05, 3.63) is 64.6 Å². The summed E-state index contributed by atoms with van der Waals surface area (Å²) in [5.41, 5.74) is 2.73. The summed E-state index contributed by atoms with van der Waals surface area (Å²) < 4.78 is 14.3. The Morgan fingerprint density at radius 3 is 2.58 bits per heavy atom. The summed E-state index contributed by atoms with van der Waals surface area (Å²) in [6.45, 7) is 7.62. The fourth-order valence-corrected chi connectivity index (χ4v) is 4.28. The zero-order valence-corrected chi connectivity index (χ0v) is 18.3. The van der Waals surface area contributed by atoms with Gasteiger partial charge in [-0.05, 0) is 55.2 Å². The highest BCUT2D eigenvalue weighted by molar-refractivity contribution is 6.30. The third-order valence-corrected chi connectivity index (χ3v) is 5.73. The summed E-state index contributed by atoms with van der Waals surface area (Å²) in [6, 6.07) is 4.63. The molecule has 1 amide bonds. The van der Waals surface area contributed by atoms with Crippen molar-refractivity contribution >= 4 is 29.1 Å². The maximum Gasteiger partial charge on any atom is 0.220 e. The Morgan fingerprint density at radius 1 is 1.29 bits per heavy atom. The Morgan fingerprint density at radius 2 is 1.97 bits per heavy atom. The molecule has 1 heterocycles. The second kappa shape index (κ2) is 9.52. The Hall–Kier alpha value is -2.86. The molecule has 1 aromatic heterocycles. The molecule has 1 N–H and O–H groups in total. The van der Waals surface area contributed by atoms with E-state index in [1.807, 2.05) is 0 Å². The maximum absolute atomic E-state index is 14.3. The van der Waals surface area contributed by atoms with E-state index in [0.717, 1.165) is 0 Å². The van der Waals surface area contributed by atoms with E-state index in [1.165, 1.54) is 12.3 Å². The number of pyridine rings is 1. The van der Waals surface area contributed by atoms with E-state index in [-0.39, 0.29) is 41.0 Å². The van der Waals surface area contributed by atoms with Gasteiger partial charge in [-0.1, -0.05) is 17.7 Å². The van der Waals surface area contributed by atoms with Crippen LogP contribution < -0.4 is 5.32 Å². The van der Waals surface area contributed by atoms with Gasteiger partial charge < -0.3 is 5.32 Å². The molecule has 1 aromatic carbocycles. The maximum atomic E-state index is 14.3. The van der Waals surface area contributed by atoms with E-state index in [9.17, 15) is 18.8 Å². The first-order valence-electron chi connectivity index (χ1n) is 10.1. The Balaban J connectivity index is 1.85. The van der Waals surface area contributed by atoms with E-state index in [1.54, 1.807) is 32.1 Å². The number of aromatic nitrogens is 1. The van der Waals surface area contributed by atoms with Gasteiger partial charge in [-0.25, -0.2) is 4.39 Å². The number of carbonyl (C=O) groups is 3. The lowest BCUT2D eigenvalue weighted by Gasteiger charge is -2.17. The number of ketones is 2. The molecule has 0 bridgehead atoms. The van der Waals surface area contributed by atoms with Gasteiger partial charge in [-0.2, -0.15) is 0 Å². The molecule has 5 nitrogen and oxygen atoms in total. The highest BCUT2D eigenvalue weighted by atomic mass is 35.5. The molecular formula is C24H24ClFN2O3. The third kappa shape index (κ3) is 4.90. The average Bonchev–Trinajstić information content (AvgIpc) is 2.95. The highest BCUT2D eigenvalue weighted by Crippen LogP contribution is 2.38. The molecule has 0 radical (unpaired) electrons. The molecule has 0 aliphatic heterocycles. The largest absolute Gasteiger partial charge is 0.356 e. The molecule has 2 unspecified atom stereocenters. The van der Waals surface area contributed by atoms with Gasteiger partial charge in [0.2, 0.25) is 5.91 Å². The molecule has 1 aliphatic rings. The smallest absolute Gasteiger partial charge is 0.220 e. The summed E-state index contributed by atoms with van der Waals surface area (Å²) in [5.74, 6) is -2.75. The van der Waals surface area contributed by atoms with E-state index in [0.29, 0.717) is 35.2 Å². The minimum absolute atomic E-state index is 0.00565. The van der Waals surface area contributed by atoms with Crippen molar-refractivity contribution in [3.63, 3.8) is 0 Å². The molecule has 0 spiro atoms. The Labute approximate surface area is 185 Å². The lowest BCUT2D eigenvalue weighted by Crippen LogP contribution is -2.28. The van der Waals surface area contributed by atoms with Crippen molar-refractivity contribution in [3.8, 4) is 11.3 Å². The van der Waals surface area contributed by atoms with Crippen molar-refractivity contribution < 1.29 is 18.8 Å². The van der Waals surface area contributed by atoms with Crippen LogP contribution in [0.2, 0.25) is 5.02 Å². The molecule has 2 aromatic rings.